The molecule has 2 heterocycles. The molecule has 1 fully saturated rings. The van der Waals surface area contributed by atoms with E-state index in [9.17, 15) is 9.59 Å². The largest absolute Gasteiger partial charge is 0.376 e. The van der Waals surface area contributed by atoms with Gasteiger partial charge in [-0.3, -0.25) is 19.5 Å². The van der Waals surface area contributed by atoms with E-state index in [1.54, 1.807) is 4.90 Å². The number of imidazole rings is 1. The molecule has 2 amide bonds. The summed E-state index contributed by atoms with van der Waals surface area (Å²) in [6.07, 6.45) is 3.79. The highest BCUT2D eigenvalue weighted by atomic mass is 16.5. The Hall–Kier alpha value is -3.45. The fourth-order valence-electron chi connectivity index (χ4n) is 4.40. The highest BCUT2D eigenvalue weighted by Crippen LogP contribution is 2.25. The molecule has 1 aliphatic rings. The minimum Gasteiger partial charge on any atom is -0.376 e. The van der Waals surface area contributed by atoms with E-state index in [2.05, 4.69) is 31.3 Å². The van der Waals surface area contributed by atoms with Gasteiger partial charge < -0.3 is 9.64 Å². The van der Waals surface area contributed by atoms with Crippen molar-refractivity contribution in [2.24, 2.45) is 5.92 Å². The summed E-state index contributed by atoms with van der Waals surface area (Å²) in [4.78, 5) is 32.4. The van der Waals surface area contributed by atoms with Gasteiger partial charge in [-0.1, -0.05) is 70.2 Å². The molecule has 3 aromatic rings. The van der Waals surface area contributed by atoms with Crippen molar-refractivity contribution in [2.75, 3.05) is 25.0 Å². The molecule has 190 valence electrons. The summed E-state index contributed by atoms with van der Waals surface area (Å²) >= 11 is 0. The minimum atomic E-state index is -0.285. The highest BCUT2D eigenvalue weighted by molar-refractivity contribution is 5.94. The molecule has 1 aliphatic heterocycles. The third kappa shape index (κ3) is 6.21. The molecule has 36 heavy (non-hydrogen) atoms. The fraction of sp³-hybridized carbons (Fsp3) is 0.414. The van der Waals surface area contributed by atoms with Crippen molar-refractivity contribution >= 4 is 17.8 Å². The van der Waals surface area contributed by atoms with E-state index in [0.29, 0.717) is 25.0 Å². The van der Waals surface area contributed by atoms with Gasteiger partial charge >= 0.3 is 0 Å². The Labute approximate surface area is 213 Å². The van der Waals surface area contributed by atoms with Crippen LogP contribution in [0.25, 0.3) is 16.9 Å². The van der Waals surface area contributed by atoms with Gasteiger partial charge in [0.25, 0.3) is 0 Å². The van der Waals surface area contributed by atoms with Gasteiger partial charge in [0, 0.05) is 36.5 Å². The summed E-state index contributed by atoms with van der Waals surface area (Å²) in [7, 11) is 0. The quantitative estimate of drug-likeness (QED) is 0.445. The van der Waals surface area contributed by atoms with Crippen LogP contribution in [-0.4, -0.2) is 52.1 Å². The van der Waals surface area contributed by atoms with E-state index < -0.39 is 0 Å². The molecule has 0 aliphatic carbocycles. The predicted octanol–water partition coefficient (Wildman–Crippen LogP) is 5.26. The maximum atomic E-state index is 13.2. The fourth-order valence-corrected chi connectivity index (χ4v) is 4.40. The van der Waals surface area contributed by atoms with Gasteiger partial charge in [-0.05, 0) is 36.5 Å². The van der Waals surface area contributed by atoms with Crippen molar-refractivity contribution in [1.29, 1.82) is 0 Å². The molecular formula is C29H36N4O3. The average Bonchev–Trinajstić information content (AvgIpc) is 3.54. The smallest absolute Gasteiger partial charge is 0.246 e. The van der Waals surface area contributed by atoms with E-state index in [1.807, 2.05) is 67.1 Å². The number of hydrogen-bond donors (Lipinski definition) is 1. The van der Waals surface area contributed by atoms with E-state index in [-0.39, 0.29) is 30.4 Å². The van der Waals surface area contributed by atoms with E-state index in [0.717, 1.165) is 29.8 Å². The number of carbonyl (C=O) groups excluding carboxylic acids is 2. The number of anilines is 1. The summed E-state index contributed by atoms with van der Waals surface area (Å²) in [5.41, 5.74) is 3.86. The first kappa shape index (κ1) is 25.6. The van der Waals surface area contributed by atoms with Crippen molar-refractivity contribution in [3.8, 4) is 16.9 Å². The molecule has 1 N–H and O–H groups in total. The summed E-state index contributed by atoms with van der Waals surface area (Å²) in [5.74, 6) is 0.301. The second-order valence-electron chi connectivity index (χ2n) is 9.99. The molecule has 1 aromatic heterocycles. The number of hydrogen-bond acceptors (Lipinski definition) is 4. The van der Waals surface area contributed by atoms with Crippen molar-refractivity contribution in [1.82, 2.24) is 14.5 Å². The number of ether oxygens (including phenoxy) is 1. The minimum absolute atomic E-state index is 0.0216. The van der Waals surface area contributed by atoms with Crippen molar-refractivity contribution in [3.63, 3.8) is 0 Å². The number of rotatable bonds is 9. The lowest BCUT2D eigenvalue weighted by Gasteiger charge is -2.26. The number of aromatic nitrogens is 2. The highest BCUT2D eigenvalue weighted by Gasteiger charge is 2.26. The van der Waals surface area contributed by atoms with E-state index in [4.69, 9.17) is 9.72 Å². The van der Waals surface area contributed by atoms with Crippen LogP contribution in [0.4, 0.5) is 5.95 Å². The van der Waals surface area contributed by atoms with Crippen LogP contribution < -0.4 is 5.32 Å². The van der Waals surface area contributed by atoms with Crippen LogP contribution in [0.3, 0.4) is 0 Å². The number of benzene rings is 2. The zero-order valence-electron chi connectivity index (χ0n) is 21.6. The molecule has 1 unspecified atom stereocenters. The molecular weight excluding hydrogens is 452 g/mol. The van der Waals surface area contributed by atoms with E-state index >= 15 is 0 Å². The van der Waals surface area contributed by atoms with Gasteiger partial charge in [-0.2, -0.15) is 0 Å². The number of nitrogens with one attached hydrogen (secondary N) is 1. The Kier molecular flexibility index (Phi) is 8.21. The lowest BCUT2D eigenvalue weighted by Crippen LogP contribution is -2.44. The first-order chi connectivity index (χ1) is 17.3. The van der Waals surface area contributed by atoms with Crippen LogP contribution in [-0.2, 0) is 14.3 Å². The van der Waals surface area contributed by atoms with Gasteiger partial charge in [0.1, 0.15) is 6.54 Å². The third-order valence-electron chi connectivity index (χ3n) is 6.45. The number of amides is 2. The molecule has 0 radical (unpaired) electrons. The molecule has 2 aromatic carbocycles. The van der Waals surface area contributed by atoms with Crippen molar-refractivity contribution in [2.45, 2.75) is 52.6 Å². The van der Waals surface area contributed by atoms with Gasteiger partial charge in [0.15, 0.2) is 0 Å². The average molecular weight is 489 g/mol. The van der Waals surface area contributed by atoms with Gasteiger partial charge in [-0.15, -0.1) is 0 Å². The number of carbonyl (C=O) groups is 2. The van der Waals surface area contributed by atoms with E-state index in [1.165, 1.54) is 5.56 Å². The second-order valence-corrected chi connectivity index (χ2v) is 9.99. The summed E-state index contributed by atoms with van der Waals surface area (Å²) in [6.45, 7) is 9.10. The number of nitrogens with zero attached hydrogens (tertiary/aromatic N) is 3. The standard InChI is InChI=1S/C29H36N4O3/c1-20(2)22-12-14-24(15-13-22)33-18-26(23-9-6-5-7-10-23)30-29(33)31-27(34)19-32(28(35)21(3)4)17-25-11-8-16-36-25/h5-7,9-10,12-15,18,20-21,25H,8,11,16-17,19H2,1-4H3,(H,30,31,34). The SMILES string of the molecule is CC(C)C(=O)N(CC(=O)Nc1nc(-c2ccccc2)cn1-c1ccc(C(C)C)cc1)CC1CCCO1. The summed E-state index contributed by atoms with van der Waals surface area (Å²) in [6, 6.07) is 18.1. The van der Waals surface area contributed by atoms with Crippen molar-refractivity contribution in [3.05, 3.63) is 66.4 Å². The van der Waals surface area contributed by atoms with Crippen molar-refractivity contribution < 1.29 is 14.3 Å². The zero-order valence-corrected chi connectivity index (χ0v) is 21.6. The van der Waals surface area contributed by atoms with Gasteiger partial charge in [0.2, 0.25) is 17.8 Å². The Morgan fingerprint density at radius 1 is 1.08 bits per heavy atom. The second kappa shape index (κ2) is 11.5. The zero-order chi connectivity index (χ0) is 25.7. The molecule has 0 bridgehead atoms. The molecule has 7 heteroatoms. The van der Waals surface area contributed by atoms with Crippen LogP contribution in [0.1, 0.15) is 52.0 Å². The normalized spacial score (nSPS) is 15.4. The van der Waals surface area contributed by atoms with Gasteiger partial charge in [0.05, 0.1) is 11.8 Å². The maximum absolute atomic E-state index is 13.2. The summed E-state index contributed by atoms with van der Waals surface area (Å²) in [5, 5.41) is 2.96. The topological polar surface area (TPSA) is 76.5 Å². The van der Waals surface area contributed by atoms with Gasteiger partial charge in [-0.25, -0.2) is 4.98 Å². The molecule has 0 spiro atoms. The molecule has 0 saturated carbocycles. The molecule has 1 atom stereocenters. The Bertz CT molecular complexity index is 1160. The monoisotopic (exact) mass is 488 g/mol. The lowest BCUT2D eigenvalue weighted by molar-refractivity contribution is -0.139. The van der Waals surface area contributed by atoms with Crippen LogP contribution in [0.15, 0.2) is 60.8 Å². The summed E-state index contributed by atoms with van der Waals surface area (Å²) < 4.78 is 7.61. The molecule has 4 rings (SSSR count). The maximum Gasteiger partial charge on any atom is 0.246 e. The lowest BCUT2D eigenvalue weighted by atomic mass is 10.0. The molecule has 1 saturated heterocycles. The first-order valence-electron chi connectivity index (χ1n) is 12.8. The first-order valence-corrected chi connectivity index (χ1v) is 12.8. The van der Waals surface area contributed by atoms with Crippen LogP contribution in [0.5, 0.6) is 0 Å². The van der Waals surface area contributed by atoms with Crippen LogP contribution in [0.2, 0.25) is 0 Å². The Morgan fingerprint density at radius 2 is 1.81 bits per heavy atom. The Morgan fingerprint density at radius 3 is 2.42 bits per heavy atom. The van der Waals surface area contributed by atoms with Crippen LogP contribution >= 0.6 is 0 Å². The van der Waals surface area contributed by atoms with Crippen LogP contribution in [0, 0.1) is 5.92 Å². The predicted molar refractivity (Wildman–Crippen MR) is 142 cm³/mol. The molecule has 7 nitrogen and oxygen atoms in total. The Balaban J connectivity index is 1.59. The third-order valence-corrected chi connectivity index (χ3v) is 6.45.